The molecular formula is C19H22N4S. The summed E-state index contributed by atoms with van der Waals surface area (Å²) in [5.74, 6) is 0. The Labute approximate surface area is 148 Å². The van der Waals surface area contributed by atoms with Crippen LogP contribution in [-0.4, -0.2) is 26.8 Å². The van der Waals surface area contributed by atoms with Crippen LogP contribution in [0.25, 0.3) is 10.8 Å². The molecule has 0 aliphatic rings. The van der Waals surface area contributed by atoms with Gasteiger partial charge < -0.3 is 10.2 Å². The highest BCUT2D eigenvalue weighted by Crippen LogP contribution is 2.23. The van der Waals surface area contributed by atoms with Gasteiger partial charge in [0.2, 0.25) is 0 Å². The van der Waals surface area contributed by atoms with E-state index in [-0.39, 0.29) is 0 Å². The van der Waals surface area contributed by atoms with Crippen molar-refractivity contribution in [3.63, 3.8) is 0 Å². The van der Waals surface area contributed by atoms with Gasteiger partial charge in [-0.2, -0.15) is 5.10 Å². The number of nitrogens with zero attached hydrogens (tertiary/aromatic N) is 3. The predicted octanol–water partition coefficient (Wildman–Crippen LogP) is 4.02. The van der Waals surface area contributed by atoms with Gasteiger partial charge in [0, 0.05) is 43.0 Å². The molecule has 0 spiro atoms. The van der Waals surface area contributed by atoms with E-state index < -0.39 is 0 Å². The quantitative estimate of drug-likeness (QED) is 0.731. The first kappa shape index (κ1) is 16.5. The molecule has 0 bridgehead atoms. The molecule has 0 radical (unpaired) electrons. The smallest absolute Gasteiger partial charge is 0.173 e. The molecule has 124 valence electrons. The summed E-state index contributed by atoms with van der Waals surface area (Å²) < 4.78 is 1.92. The zero-order valence-electron chi connectivity index (χ0n) is 14.5. The van der Waals surface area contributed by atoms with Crippen LogP contribution in [0.15, 0.2) is 42.5 Å². The minimum absolute atomic E-state index is 0.703. The van der Waals surface area contributed by atoms with Crippen molar-refractivity contribution in [2.45, 2.75) is 20.4 Å². The van der Waals surface area contributed by atoms with Crippen LogP contribution in [0.1, 0.15) is 17.0 Å². The number of nitrogens with one attached hydrogen (secondary N) is 1. The van der Waals surface area contributed by atoms with Gasteiger partial charge in [0.1, 0.15) is 0 Å². The number of rotatable bonds is 3. The third kappa shape index (κ3) is 3.12. The van der Waals surface area contributed by atoms with Crippen molar-refractivity contribution in [2.24, 2.45) is 7.05 Å². The van der Waals surface area contributed by atoms with Gasteiger partial charge in [-0.3, -0.25) is 4.68 Å². The molecule has 0 saturated heterocycles. The van der Waals surface area contributed by atoms with Crippen molar-refractivity contribution in [1.82, 2.24) is 14.7 Å². The molecule has 3 rings (SSSR count). The Morgan fingerprint density at radius 1 is 1.17 bits per heavy atom. The molecule has 4 nitrogen and oxygen atoms in total. The van der Waals surface area contributed by atoms with Crippen LogP contribution in [0.2, 0.25) is 0 Å². The van der Waals surface area contributed by atoms with Crippen molar-refractivity contribution in [2.75, 3.05) is 12.4 Å². The predicted molar refractivity (Wildman–Crippen MR) is 104 cm³/mol. The van der Waals surface area contributed by atoms with Crippen molar-refractivity contribution < 1.29 is 0 Å². The second-order valence-corrected chi connectivity index (χ2v) is 6.47. The van der Waals surface area contributed by atoms with Crippen LogP contribution >= 0.6 is 12.2 Å². The molecule has 0 unspecified atom stereocenters. The fourth-order valence-corrected chi connectivity index (χ4v) is 3.07. The Kier molecular flexibility index (Phi) is 4.53. The first-order chi connectivity index (χ1) is 11.5. The molecule has 0 saturated carbocycles. The van der Waals surface area contributed by atoms with E-state index in [0.717, 1.165) is 17.9 Å². The van der Waals surface area contributed by atoms with E-state index in [1.807, 2.05) is 48.8 Å². The van der Waals surface area contributed by atoms with Gasteiger partial charge in [-0.05, 0) is 37.5 Å². The van der Waals surface area contributed by atoms with Crippen LogP contribution in [0.4, 0.5) is 5.69 Å². The summed E-state index contributed by atoms with van der Waals surface area (Å²) in [5, 5.41) is 10.9. The molecule has 1 aromatic heterocycles. The van der Waals surface area contributed by atoms with E-state index >= 15 is 0 Å². The van der Waals surface area contributed by atoms with Gasteiger partial charge in [-0.1, -0.05) is 36.4 Å². The highest BCUT2D eigenvalue weighted by atomic mass is 32.1. The van der Waals surface area contributed by atoms with Gasteiger partial charge in [0.25, 0.3) is 0 Å². The molecule has 0 atom stereocenters. The lowest BCUT2D eigenvalue weighted by Gasteiger charge is -2.22. The largest absolute Gasteiger partial charge is 0.348 e. The molecule has 0 aliphatic carbocycles. The Balaban J connectivity index is 1.79. The van der Waals surface area contributed by atoms with E-state index in [2.05, 4.69) is 41.6 Å². The van der Waals surface area contributed by atoms with E-state index in [9.17, 15) is 0 Å². The first-order valence-electron chi connectivity index (χ1n) is 7.96. The molecule has 24 heavy (non-hydrogen) atoms. The second-order valence-electron chi connectivity index (χ2n) is 6.09. The number of aryl methyl sites for hydroxylation is 2. The molecule has 0 aliphatic heterocycles. The molecule has 1 heterocycles. The summed E-state index contributed by atoms with van der Waals surface area (Å²) in [4.78, 5) is 2.05. The number of aromatic nitrogens is 2. The maximum absolute atomic E-state index is 5.60. The lowest BCUT2D eigenvalue weighted by atomic mass is 10.1. The first-order valence-corrected chi connectivity index (χ1v) is 8.37. The number of fused-ring (bicyclic) bond motifs is 1. The molecule has 3 aromatic rings. The zero-order chi connectivity index (χ0) is 17.3. The van der Waals surface area contributed by atoms with E-state index in [1.165, 1.54) is 22.0 Å². The summed E-state index contributed by atoms with van der Waals surface area (Å²) in [6.07, 6.45) is 0. The van der Waals surface area contributed by atoms with Crippen LogP contribution < -0.4 is 5.32 Å². The summed E-state index contributed by atoms with van der Waals surface area (Å²) in [6, 6.07) is 14.5. The molecule has 5 heteroatoms. The number of thiocarbonyl (C=S) groups is 1. The number of hydrogen-bond acceptors (Lipinski definition) is 2. The normalized spacial score (nSPS) is 10.8. The topological polar surface area (TPSA) is 33.1 Å². The van der Waals surface area contributed by atoms with Gasteiger partial charge in [-0.25, -0.2) is 0 Å². The SMILES string of the molecule is Cc1nn(C)c(C)c1CN(C)C(=S)Nc1cccc2ccccc12. The summed E-state index contributed by atoms with van der Waals surface area (Å²) in [5.41, 5.74) is 4.48. The standard InChI is InChI=1S/C19H22N4S/c1-13-17(14(2)23(4)21-13)12-22(3)19(24)20-18-11-7-9-15-8-5-6-10-16(15)18/h5-11H,12H2,1-4H3,(H,20,24). The van der Waals surface area contributed by atoms with Crippen molar-refractivity contribution >= 4 is 33.8 Å². The van der Waals surface area contributed by atoms with Gasteiger partial charge in [0.05, 0.1) is 5.69 Å². The zero-order valence-corrected chi connectivity index (χ0v) is 15.3. The van der Waals surface area contributed by atoms with Crippen LogP contribution in [0, 0.1) is 13.8 Å². The third-order valence-corrected chi connectivity index (χ3v) is 4.85. The second kappa shape index (κ2) is 6.61. The van der Waals surface area contributed by atoms with Crippen LogP contribution in [0.3, 0.4) is 0 Å². The van der Waals surface area contributed by atoms with Crippen molar-refractivity contribution in [1.29, 1.82) is 0 Å². The van der Waals surface area contributed by atoms with Gasteiger partial charge in [-0.15, -0.1) is 0 Å². The number of benzene rings is 2. The minimum atomic E-state index is 0.703. The molecule has 1 N–H and O–H groups in total. The summed E-state index contributed by atoms with van der Waals surface area (Å²) >= 11 is 5.60. The molecular weight excluding hydrogens is 316 g/mol. The van der Waals surface area contributed by atoms with E-state index in [0.29, 0.717) is 5.11 Å². The average Bonchev–Trinajstić information content (AvgIpc) is 2.81. The lowest BCUT2D eigenvalue weighted by molar-refractivity contribution is 0.505. The Morgan fingerprint density at radius 3 is 2.58 bits per heavy atom. The van der Waals surface area contributed by atoms with Crippen LogP contribution in [0.5, 0.6) is 0 Å². The fraction of sp³-hybridized carbons (Fsp3) is 0.263. The Morgan fingerprint density at radius 2 is 1.88 bits per heavy atom. The number of anilines is 1. The Bertz CT molecular complexity index is 892. The fourth-order valence-electron chi connectivity index (χ4n) is 2.90. The van der Waals surface area contributed by atoms with E-state index in [4.69, 9.17) is 12.2 Å². The van der Waals surface area contributed by atoms with Crippen molar-refractivity contribution in [3.8, 4) is 0 Å². The molecule has 0 fully saturated rings. The maximum Gasteiger partial charge on any atom is 0.173 e. The van der Waals surface area contributed by atoms with Crippen LogP contribution in [-0.2, 0) is 13.6 Å². The average molecular weight is 338 g/mol. The summed E-state index contributed by atoms with van der Waals surface area (Å²) in [7, 11) is 3.98. The maximum atomic E-state index is 5.60. The Hall–Kier alpha value is -2.40. The number of hydrogen-bond donors (Lipinski definition) is 1. The third-order valence-electron chi connectivity index (χ3n) is 4.43. The van der Waals surface area contributed by atoms with E-state index in [1.54, 1.807) is 0 Å². The minimum Gasteiger partial charge on any atom is -0.348 e. The lowest BCUT2D eigenvalue weighted by Crippen LogP contribution is -2.31. The van der Waals surface area contributed by atoms with Gasteiger partial charge in [0.15, 0.2) is 5.11 Å². The van der Waals surface area contributed by atoms with Gasteiger partial charge >= 0.3 is 0 Å². The highest BCUT2D eigenvalue weighted by molar-refractivity contribution is 7.80. The molecule has 2 aromatic carbocycles. The summed E-state index contributed by atoms with van der Waals surface area (Å²) in [6.45, 7) is 4.86. The highest BCUT2D eigenvalue weighted by Gasteiger charge is 2.14. The molecule has 0 amide bonds. The van der Waals surface area contributed by atoms with Crippen molar-refractivity contribution in [3.05, 3.63) is 59.4 Å². The monoisotopic (exact) mass is 338 g/mol.